The number of anilines is 1. The van der Waals surface area contributed by atoms with Gasteiger partial charge in [0.2, 0.25) is 0 Å². The summed E-state index contributed by atoms with van der Waals surface area (Å²) in [6, 6.07) is 15.7. The number of para-hydroxylation sites is 2. The molecule has 2 aromatic carbocycles. The van der Waals surface area contributed by atoms with Crippen molar-refractivity contribution in [2.75, 3.05) is 24.7 Å². The van der Waals surface area contributed by atoms with Crippen molar-refractivity contribution in [3.63, 3.8) is 0 Å². The smallest absolute Gasteiger partial charge is 0.292 e. The maximum atomic E-state index is 13.4. The molecule has 0 atom stereocenters. The fourth-order valence-corrected chi connectivity index (χ4v) is 3.84. The number of benzene rings is 2. The second kappa shape index (κ2) is 8.33. The molecule has 5 heteroatoms. The van der Waals surface area contributed by atoms with Gasteiger partial charge in [-0.1, -0.05) is 56.2 Å². The number of amides is 1. The Balaban J connectivity index is 1.60. The van der Waals surface area contributed by atoms with E-state index in [0.717, 1.165) is 48.2 Å². The van der Waals surface area contributed by atoms with Crippen molar-refractivity contribution < 1.29 is 19.0 Å². The molecule has 1 amide bonds. The molecule has 0 aliphatic carbocycles. The molecular weight excluding hydrogens is 354 g/mol. The Labute approximate surface area is 166 Å². The van der Waals surface area contributed by atoms with Crippen LogP contribution in [0.1, 0.15) is 43.7 Å². The summed E-state index contributed by atoms with van der Waals surface area (Å²) in [4.78, 5) is 15.1. The Morgan fingerprint density at radius 3 is 2.61 bits per heavy atom. The Kier molecular flexibility index (Phi) is 5.64. The quantitative estimate of drug-likeness (QED) is 0.668. The van der Waals surface area contributed by atoms with Gasteiger partial charge in [-0.3, -0.25) is 4.79 Å². The minimum absolute atomic E-state index is 0.158. The largest absolute Gasteiger partial charge is 0.493 e. The lowest BCUT2D eigenvalue weighted by molar-refractivity contribution is -0.256. The third kappa shape index (κ3) is 3.40. The molecule has 28 heavy (non-hydrogen) atoms. The molecule has 0 bridgehead atoms. The summed E-state index contributed by atoms with van der Waals surface area (Å²) in [5, 5.41) is 0. The summed E-state index contributed by atoms with van der Waals surface area (Å²) in [5.41, 5.74) is 2.62. The molecule has 0 unspecified atom stereocenters. The highest BCUT2D eigenvalue weighted by atomic mass is 16.7. The van der Waals surface area contributed by atoms with Gasteiger partial charge in [0.25, 0.3) is 11.7 Å². The maximum Gasteiger partial charge on any atom is 0.292 e. The number of nitrogens with zero attached hydrogens (tertiary/aromatic N) is 1. The molecule has 0 saturated carbocycles. The third-order valence-electron chi connectivity index (χ3n) is 5.28. The minimum atomic E-state index is -1.30. The van der Waals surface area contributed by atoms with Crippen molar-refractivity contribution in [1.29, 1.82) is 0 Å². The van der Waals surface area contributed by atoms with Crippen LogP contribution in [0, 0.1) is 0 Å². The molecule has 4 rings (SSSR count). The second-order valence-corrected chi connectivity index (χ2v) is 7.24. The fraction of sp³-hybridized carbons (Fsp3) is 0.435. The van der Waals surface area contributed by atoms with E-state index in [1.54, 1.807) is 4.90 Å². The van der Waals surface area contributed by atoms with Crippen LogP contribution >= 0.6 is 0 Å². The summed E-state index contributed by atoms with van der Waals surface area (Å²) < 4.78 is 17.8. The van der Waals surface area contributed by atoms with Crippen LogP contribution in [0.4, 0.5) is 5.69 Å². The van der Waals surface area contributed by atoms with Gasteiger partial charge < -0.3 is 19.1 Å². The first-order chi connectivity index (χ1) is 13.8. The number of unbranched alkanes of at least 4 members (excludes halogenated alkanes) is 2. The van der Waals surface area contributed by atoms with Crippen molar-refractivity contribution in [3.05, 3.63) is 59.7 Å². The SMILES string of the molecule is CCCCCOc1ccccc1CN1C(=O)C2(OCCCO2)c2ccccc21. The number of carbonyl (C=O) groups excluding carboxylic acids is 1. The van der Waals surface area contributed by atoms with Crippen molar-refractivity contribution in [1.82, 2.24) is 0 Å². The zero-order valence-electron chi connectivity index (χ0n) is 16.4. The number of carbonyl (C=O) groups is 1. The van der Waals surface area contributed by atoms with Crippen LogP contribution in [0.2, 0.25) is 0 Å². The number of rotatable bonds is 7. The molecule has 1 spiro atoms. The maximum absolute atomic E-state index is 13.4. The molecule has 1 saturated heterocycles. The van der Waals surface area contributed by atoms with Gasteiger partial charge in [-0.2, -0.15) is 0 Å². The van der Waals surface area contributed by atoms with E-state index in [0.29, 0.717) is 26.4 Å². The van der Waals surface area contributed by atoms with Crippen LogP contribution in [0.3, 0.4) is 0 Å². The van der Waals surface area contributed by atoms with Crippen LogP contribution < -0.4 is 9.64 Å². The first-order valence-corrected chi connectivity index (χ1v) is 10.2. The average molecular weight is 381 g/mol. The van der Waals surface area contributed by atoms with Gasteiger partial charge >= 0.3 is 0 Å². The molecule has 148 valence electrons. The van der Waals surface area contributed by atoms with Crippen molar-refractivity contribution in [2.45, 2.75) is 44.9 Å². The zero-order chi connectivity index (χ0) is 19.4. The van der Waals surface area contributed by atoms with Crippen LogP contribution in [0.25, 0.3) is 0 Å². The van der Waals surface area contributed by atoms with Gasteiger partial charge in [-0.25, -0.2) is 0 Å². The van der Waals surface area contributed by atoms with Gasteiger partial charge in [-0.05, 0) is 25.0 Å². The molecule has 5 nitrogen and oxygen atoms in total. The molecule has 0 radical (unpaired) electrons. The van der Waals surface area contributed by atoms with E-state index in [2.05, 4.69) is 6.92 Å². The van der Waals surface area contributed by atoms with E-state index in [-0.39, 0.29) is 5.91 Å². The second-order valence-electron chi connectivity index (χ2n) is 7.24. The van der Waals surface area contributed by atoms with Crippen LogP contribution in [0.5, 0.6) is 5.75 Å². The number of fused-ring (bicyclic) bond motifs is 2. The monoisotopic (exact) mass is 381 g/mol. The number of hydrogen-bond acceptors (Lipinski definition) is 4. The third-order valence-corrected chi connectivity index (χ3v) is 5.28. The van der Waals surface area contributed by atoms with Crippen molar-refractivity contribution >= 4 is 11.6 Å². The summed E-state index contributed by atoms with van der Waals surface area (Å²) >= 11 is 0. The van der Waals surface area contributed by atoms with E-state index < -0.39 is 5.79 Å². The van der Waals surface area contributed by atoms with Gasteiger partial charge in [-0.15, -0.1) is 0 Å². The highest BCUT2D eigenvalue weighted by molar-refractivity contribution is 6.06. The van der Waals surface area contributed by atoms with E-state index >= 15 is 0 Å². The first-order valence-electron chi connectivity index (χ1n) is 10.2. The normalized spacial score (nSPS) is 17.8. The number of hydrogen-bond donors (Lipinski definition) is 0. The molecule has 2 aliphatic heterocycles. The van der Waals surface area contributed by atoms with Gasteiger partial charge in [0.15, 0.2) is 0 Å². The standard InChI is InChI=1S/C23H27NO4/c1-2-3-8-14-26-21-13-7-4-10-18(21)17-24-20-12-6-5-11-19(20)23(22(24)25)27-15-9-16-28-23/h4-7,10-13H,2-3,8-9,14-17H2,1H3. The van der Waals surface area contributed by atoms with E-state index in [4.69, 9.17) is 14.2 Å². The van der Waals surface area contributed by atoms with E-state index in [1.165, 1.54) is 0 Å². The van der Waals surface area contributed by atoms with Gasteiger partial charge in [0.05, 0.1) is 32.1 Å². The highest BCUT2D eigenvalue weighted by Gasteiger charge is 2.54. The fourth-order valence-electron chi connectivity index (χ4n) is 3.84. The Hall–Kier alpha value is -2.37. The lowest BCUT2D eigenvalue weighted by Crippen LogP contribution is -2.47. The van der Waals surface area contributed by atoms with Crippen LogP contribution in [-0.4, -0.2) is 25.7 Å². The predicted molar refractivity (Wildman–Crippen MR) is 107 cm³/mol. The Morgan fingerprint density at radius 2 is 1.79 bits per heavy atom. The molecule has 1 fully saturated rings. The zero-order valence-corrected chi connectivity index (χ0v) is 16.4. The summed E-state index contributed by atoms with van der Waals surface area (Å²) in [6.07, 6.45) is 4.14. The topological polar surface area (TPSA) is 48.0 Å². The lowest BCUT2D eigenvalue weighted by atomic mass is 10.1. The number of ether oxygens (including phenoxy) is 3. The van der Waals surface area contributed by atoms with Crippen molar-refractivity contribution in [2.24, 2.45) is 0 Å². The van der Waals surface area contributed by atoms with E-state index in [1.807, 2.05) is 48.5 Å². The van der Waals surface area contributed by atoms with Gasteiger partial charge in [0.1, 0.15) is 5.75 Å². The van der Waals surface area contributed by atoms with Gasteiger partial charge in [0, 0.05) is 11.1 Å². The first kappa shape index (κ1) is 19.0. The Morgan fingerprint density at radius 1 is 1.04 bits per heavy atom. The summed E-state index contributed by atoms with van der Waals surface area (Å²) in [6.45, 7) is 4.32. The molecule has 0 N–H and O–H groups in total. The van der Waals surface area contributed by atoms with Crippen LogP contribution in [0.15, 0.2) is 48.5 Å². The minimum Gasteiger partial charge on any atom is -0.493 e. The lowest BCUT2D eigenvalue weighted by Gasteiger charge is -2.32. The predicted octanol–water partition coefficient (Wildman–Crippen LogP) is 4.39. The highest BCUT2D eigenvalue weighted by Crippen LogP contribution is 2.45. The molecule has 2 heterocycles. The average Bonchev–Trinajstić information content (AvgIpc) is 2.96. The van der Waals surface area contributed by atoms with Crippen molar-refractivity contribution in [3.8, 4) is 5.75 Å². The molecular formula is C23H27NO4. The summed E-state index contributed by atoms with van der Waals surface area (Å²) in [5.74, 6) is -0.629. The molecule has 2 aromatic rings. The van der Waals surface area contributed by atoms with E-state index in [9.17, 15) is 4.79 Å². The Bertz CT molecular complexity index is 829. The van der Waals surface area contributed by atoms with Crippen LogP contribution in [-0.2, 0) is 26.6 Å². The summed E-state index contributed by atoms with van der Waals surface area (Å²) in [7, 11) is 0. The molecule has 2 aliphatic rings. The molecule has 0 aromatic heterocycles.